The smallest absolute Gasteiger partial charge is 0.161 e. The number of aryl methyl sites for hydroxylation is 1. The second-order valence-corrected chi connectivity index (χ2v) is 6.35. The third-order valence-electron chi connectivity index (χ3n) is 4.58. The molecule has 5 heteroatoms. The number of piperidine rings is 1. The first kappa shape index (κ1) is 14.9. The van der Waals surface area contributed by atoms with Gasteiger partial charge in [-0.1, -0.05) is 30.3 Å². The molecular formula is C19H21N5. The van der Waals surface area contributed by atoms with Crippen molar-refractivity contribution in [1.29, 1.82) is 0 Å². The molecule has 122 valence electrons. The van der Waals surface area contributed by atoms with Gasteiger partial charge in [0, 0.05) is 48.2 Å². The largest absolute Gasteiger partial charge is 0.356 e. The van der Waals surface area contributed by atoms with Gasteiger partial charge in [-0.15, -0.1) is 0 Å². The predicted octanol–water partition coefficient (Wildman–Crippen LogP) is 3.56. The molecule has 1 fully saturated rings. The number of benzene rings is 1. The van der Waals surface area contributed by atoms with Crippen molar-refractivity contribution in [3.63, 3.8) is 0 Å². The van der Waals surface area contributed by atoms with Crippen molar-refractivity contribution in [3.8, 4) is 11.4 Å². The van der Waals surface area contributed by atoms with Gasteiger partial charge in [0.2, 0.25) is 0 Å². The van der Waals surface area contributed by atoms with Crippen LogP contribution in [0.4, 0.5) is 5.82 Å². The Bertz CT molecular complexity index is 798. The Balaban J connectivity index is 1.63. The van der Waals surface area contributed by atoms with Gasteiger partial charge >= 0.3 is 0 Å². The van der Waals surface area contributed by atoms with Gasteiger partial charge in [0.25, 0.3) is 0 Å². The van der Waals surface area contributed by atoms with Crippen molar-refractivity contribution >= 4 is 5.82 Å². The lowest BCUT2D eigenvalue weighted by molar-refractivity contribution is 0.498. The van der Waals surface area contributed by atoms with Crippen LogP contribution in [0.2, 0.25) is 0 Å². The van der Waals surface area contributed by atoms with Gasteiger partial charge < -0.3 is 4.90 Å². The molecule has 1 atom stereocenters. The Morgan fingerprint density at radius 1 is 1.12 bits per heavy atom. The molecule has 2 aromatic heterocycles. The van der Waals surface area contributed by atoms with Crippen LogP contribution in [-0.4, -0.2) is 33.3 Å². The zero-order chi connectivity index (χ0) is 16.4. The number of hydrogen-bond donors (Lipinski definition) is 1. The molecule has 0 amide bonds. The maximum Gasteiger partial charge on any atom is 0.161 e. The lowest BCUT2D eigenvalue weighted by Crippen LogP contribution is -2.35. The number of aromatic nitrogens is 4. The lowest BCUT2D eigenvalue weighted by atomic mass is 9.95. The molecule has 1 aliphatic heterocycles. The Morgan fingerprint density at radius 2 is 2.00 bits per heavy atom. The molecule has 0 bridgehead atoms. The van der Waals surface area contributed by atoms with Crippen LogP contribution in [0.5, 0.6) is 0 Å². The molecule has 1 aromatic carbocycles. The summed E-state index contributed by atoms with van der Waals surface area (Å²) in [6.07, 6.45) is 4.18. The van der Waals surface area contributed by atoms with Crippen LogP contribution in [0.15, 0.2) is 48.7 Å². The summed E-state index contributed by atoms with van der Waals surface area (Å²) in [5.74, 6) is 2.30. The van der Waals surface area contributed by atoms with Gasteiger partial charge in [-0.05, 0) is 25.8 Å². The third-order valence-corrected chi connectivity index (χ3v) is 4.58. The molecule has 0 spiro atoms. The van der Waals surface area contributed by atoms with Crippen LogP contribution in [0.3, 0.4) is 0 Å². The summed E-state index contributed by atoms with van der Waals surface area (Å²) in [6.45, 7) is 4.04. The SMILES string of the molecule is Cc1cc(N2CCC[C@@H](c3ccn[nH]3)C2)nc(-c2ccccc2)n1. The average molecular weight is 319 g/mol. The van der Waals surface area contributed by atoms with Crippen LogP contribution in [0.1, 0.15) is 30.1 Å². The molecule has 3 aromatic rings. The van der Waals surface area contributed by atoms with Crippen molar-refractivity contribution in [3.05, 3.63) is 60.0 Å². The van der Waals surface area contributed by atoms with E-state index in [-0.39, 0.29) is 0 Å². The average Bonchev–Trinajstić information content (AvgIpc) is 3.17. The monoisotopic (exact) mass is 319 g/mol. The summed E-state index contributed by atoms with van der Waals surface area (Å²) in [7, 11) is 0. The predicted molar refractivity (Wildman–Crippen MR) is 95.0 cm³/mol. The highest BCUT2D eigenvalue weighted by Gasteiger charge is 2.23. The van der Waals surface area contributed by atoms with Gasteiger partial charge in [0.1, 0.15) is 5.82 Å². The molecule has 0 saturated carbocycles. The van der Waals surface area contributed by atoms with E-state index in [1.54, 1.807) is 0 Å². The number of H-pyrrole nitrogens is 1. The minimum Gasteiger partial charge on any atom is -0.356 e. The van der Waals surface area contributed by atoms with Crippen molar-refractivity contribution in [2.24, 2.45) is 0 Å². The molecule has 1 N–H and O–H groups in total. The van der Waals surface area contributed by atoms with Crippen molar-refractivity contribution in [2.45, 2.75) is 25.7 Å². The van der Waals surface area contributed by atoms with Crippen LogP contribution in [-0.2, 0) is 0 Å². The van der Waals surface area contributed by atoms with Gasteiger partial charge in [-0.3, -0.25) is 5.10 Å². The van der Waals surface area contributed by atoms with E-state index in [0.29, 0.717) is 5.92 Å². The zero-order valence-electron chi connectivity index (χ0n) is 13.8. The molecule has 0 radical (unpaired) electrons. The van der Waals surface area contributed by atoms with Crippen molar-refractivity contribution in [1.82, 2.24) is 20.2 Å². The van der Waals surface area contributed by atoms with E-state index in [1.807, 2.05) is 31.3 Å². The fourth-order valence-electron chi connectivity index (χ4n) is 3.36. The maximum absolute atomic E-state index is 4.83. The minimum atomic E-state index is 0.483. The second kappa shape index (κ2) is 6.43. The van der Waals surface area contributed by atoms with E-state index < -0.39 is 0 Å². The molecule has 4 rings (SSSR count). The summed E-state index contributed by atoms with van der Waals surface area (Å²) in [5, 5.41) is 7.21. The van der Waals surface area contributed by atoms with E-state index in [9.17, 15) is 0 Å². The summed E-state index contributed by atoms with van der Waals surface area (Å²) < 4.78 is 0. The molecule has 24 heavy (non-hydrogen) atoms. The van der Waals surface area contributed by atoms with Crippen molar-refractivity contribution < 1.29 is 0 Å². The van der Waals surface area contributed by atoms with E-state index in [0.717, 1.165) is 42.4 Å². The third kappa shape index (κ3) is 3.02. The first-order valence-corrected chi connectivity index (χ1v) is 8.45. The van der Waals surface area contributed by atoms with Crippen LogP contribution in [0, 0.1) is 6.92 Å². The number of anilines is 1. The first-order chi connectivity index (χ1) is 11.8. The Labute approximate surface area is 141 Å². The molecule has 3 heterocycles. The summed E-state index contributed by atoms with van der Waals surface area (Å²) in [6, 6.07) is 14.3. The molecule has 5 nitrogen and oxygen atoms in total. The topological polar surface area (TPSA) is 57.7 Å². The lowest BCUT2D eigenvalue weighted by Gasteiger charge is -2.33. The van der Waals surface area contributed by atoms with Gasteiger partial charge in [0.05, 0.1) is 0 Å². The Kier molecular flexibility index (Phi) is 3.99. The summed E-state index contributed by atoms with van der Waals surface area (Å²) in [4.78, 5) is 11.8. The maximum atomic E-state index is 4.83. The number of aromatic amines is 1. The highest BCUT2D eigenvalue weighted by molar-refractivity contribution is 5.58. The standard InChI is InChI=1S/C19H21N5/c1-14-12-18(22-19(21-14)15-6-3-2-4-7-15)24-11-5-8-16(13-24)17-9-10-20-23-17/h2-4,6-7,9-10,12,16H,5,8,11,13H2,1H3,(H,20,23)/t16-/m1/s1. The molecule has 1 saturated heterocycles. The van der Waals surface area contributed by atoms with Gasteiger partial charge in [-0.2, -0.15) is 5.10 Å². The molecule has 0 aliphatic carbocycles. The van der Waals surface area contributed by atoms with Gasteiger partial charge in [0.15, 0.2) is 5.82 Å². The van der Waals surface area contributed by atoms with Crippen LogP contribution in [0.25, 0.3) is 11.4 Å². The van der Waals surface area contributed by atoms with Crippen molar-refractivity contribution in [2.75, 3.05) is 18.0 Å². The second-order valence-electron chi connectivity index (χ2n) is 6.35. The van der Waals surface area contributed by atoms with E-state index >= 15 is 0 Å². The Hall–Kier alpha value is -2.69. The van der Waals surface area contributed by atoms with Crippen LogP contribution >= 0.6 is 0 Å². The number of nitrogens with zero attached hydrogens (tertiary/aromatic N) is 4. The minimum absolute atomic E-state index is 0.483. The van der Waals surface area contributed by atoms with E-state index in [2.05, 4.69) is 44.3 Å². The number of rotatable bonds is 3. The number of hydrogen-bond acceptors (Lipinski definition) is 4. The zero-order valence-corrected chi connectivity index (χ0v) is 13.8. The molecular weight excluding hydrogens is 298 g/mol. The molecule has 0 unspecified atom stereocenters. The normalized spacial score (nSPS) is 17.9. The highest BCUT2D eigenvalue weighted by Crippen LogP contribution is 2.29. The summed E-state index contributed by atoms with van der Waals surface area (Å²) in [5.41, 5.74) is 3.28. The number of nitrogens with one attached hydrogen (secondary N) is 1. The van der Waals surface area contributed by atoms with E-state index in [1.165, 1.54) is 12.1 Å². The summed E-state index contributed by atoms with van der Waals surface area (Å²) >= 11 is 0. The van der Waals surface area contributed by atoms with Crippen LogP contribution < -0.4 is 4.90 Å². The fraction of sp³-hybridized carbons (Fsp3) is 0.316. The van der Waals surface area contributed by atoms with Gasteiger partial charge in [-0.25, -0.2) is 9.97 Å². The first-order valence-electron chi connectivity index (χ1n) is 8.45. The fourth-order valence-corrected chi connectivity index (χ4v) is 3.36. The molecule has 1 aliphatic rings. The quantitative estimate of drug-likeness (QED) is 0.802. The highest BCUT2D eigenvalue weighted by atomic mass is 15.2. The Morgan fingerprint density at radius 3 is 2.79 bits per heavy atom. The van der Waals surface area contributed by atoms with E-state index in [4.69, 9.17) is 4.98 Å².